The summed E-state index contributed by atoms with van der Waals surface area (Å²) in [5.41, 5.74) is 1.51. The molecule has 7 nitrogen and oxygen atoms in total. The van der Waals surface area contributed by atoms with Gasteiger partial charge in [-0.1, -0.05) is 0 Å². The summed E-state index contributed by atoms with van der Waals surface area (Å²) in [6.45, 7) is 6.89. The van der Waals surface area contributed by atoms with Crippen molar-refractivity contribution in [2.24, 2.45) is 0 Å². The second kappa shape index (κ2) is 5.55. The van der Waals surface area contributed by atoms with Gasteiger partial charge in [-0.25, -0.2) is 14.8 Å². The van der Waals surface area contributed by atoms with E-state index < -0.39 is 6.09 Å². The first kappa shape index (κ1) is 15.3. The van der Waals surface area contributed by atoms with Gasteiger partial charge < -0.3 is 19.6 Å². The van der Waals surface area contributed by atoms with Crippen LogP contribution in [0, 0.1) is 0 Å². The standard InChI is InChI=1S/C14H19ClN4O3/c1-14(2)8-22-6-5-19(14)11-9-3-4-18(13(20)21)7-10(9)16-12(15)17-11/h3-8H2,1-2H3,(H,20,21). The first-order valence-electron chi connectivity index (χ1n) is 7.27. The Hall–Kier alpha value is -1.60. The molecule has 8 heteroatoms. The Balaban J connectivity index is 2.01. The fourth-order valence-corrected chi connectivity index (χ4v) is 3.20. The lowest BCUT2D eigenvalue weighted by molar-refractivity contribution is 0.0637. The number of morpholine rings is 1. The van der Waals surface area contributed by atoms with Crippen LogP contribution in [-0.2, 0) is 17.7 Å². The molecule has 0 radical (unpaired) electrons. The maximum Gasteiger partial charge on any atom is 0.407 e. The van der Waals surface area contributed by atoms with Crippen molar-refractivity contribution in [2.45, 2.75) is 32.4 Å². The summed E-state index contributed by atoms with van der Waals surface area (Å²) >= 11 is 6.08. The Morgan fingerprint density at radius 1 is 1.36 bits per heavy atom. The molecule has 3 rings (SSSR count). The highest BCUT2D eigenvalue weighted by Crippen LogP contribution is 2.33. The molecular formula is C14H19ClN4O3. The summed E-state index contributed by atoms with van der Waals surface area (Å²) in [6.07, 6.45) is -0.338. The fraction of sp³-hybridized carbons (Fsp3) is 0.643. The van der Waals surface area contributed by atoms with Crippen molar-refractivity contribution in [3.05, 3.63) is 16.5 Å². The van der Waals surface area contributed by atoms with Gasteiger partial charge in [0.05, 0.1) is 31.0 Å². The zero-order valence-corrected chi connectivity index (χ0v) is 13.4. The van der Waals surface area contributed by atoms with Gasteiger partial charge in [0.25, 0.3) is 0 Å². The molecule has 1 aromatic rings. The summed E-state index contributed by atoms with van der Waals surface area (Å²) < 4.78 is 5.56. The zero-order chi connectivity index (χ0) is 15.9. The summed E-state index contributed by atoms with van der Waals surface area (Å²) in [4.78, 5) is 23.4. The highest BCUT2D eigenvalue weighted by Gasteiger charge is 2.35. The number of hydrogen-bond acceptors (Lipinski definition) is 5. The minimum Gasteiger partial charge on any atom is -0.465 e. The Morgan fingerprint density at radius 3 is 2.82 bits per heavy atom. The van der Waals surface area contributed by atoms with Crippen molar-refractivity contribution in [1.82, 2.24) is 14.9 Å². The molecule has 0 aromatic carbocycles. The van der Waals surface area contributed by atoms with Gasteiger partial charge in [-0.3, -0.25) is 0 Å². The molecule has 2 aliphatic rings. The molecule has 1 saturated heterocycles. The first-order chi connectivity index (χ1) is 10.4. The minimum atomic E-state index is -0.936. The molecule has 0 bridgehead atoms. The third-order valence-corrected chi connectivity index (χ3v) is 4.36. The number of hydrogen-bond donors (Lipinski definition) is 1. The number of carboxylic acid groups (broad SMARTS) is 1. The van der Waals surface area contributed by atoms with E-state index in [0.717, 1.165) is 17.9 Å². The quantitative estimate of drug-likeness (QED) is 0.793. The molecule has 1 fully saturated rings. The highest BCUT2D eigenvalue weighted by atomic mass is 35.5. The molecule has 1 amide bonds. The number of amides is 1. The van der Waals surface area contributed by atoms with Crippen LogP contribution in [0.1, 0.15) is 25.1 Å². The summed E-state index contributed by atoms with van der Waals surface area (Å²) in [5, 5.41) is 9.31. The van der Waals surface area contributed by atoms with Crippen LogP contribution < -0.4 is 4.90 Å². The third kappa shape index (κ3) is 2.70. The summed E-state index contributed by atoms with van der Waals surface area (Å²) in [6, 6.07) is 0. The minimum absolute atomic E-state index is 0.156. The highest BCUT2D eigenvalue weighted by molar-refractivity contribution is 6.28. The van der Waals surface area contributed by atoms with E-state index in [1.807, 2.05) is 0 Å². The average Bonchev–Trinajstić information content (AvgIpc) is 2.45. The SMILES string of the molecule is CC1(C)COCCN1c1nc(Cl)nc2c1CCN(C(=O)O)C2. The van der Waals surface area contributed by atoms with Crippen LogP contribution in [0.3, 0.4) is 0 Å². The lowest BCUT2D eigenvalue weighted by Gasteiger charge is -2.44. The number of ether oxygens (including phenoxy) is 1. The Kier molecular flexibility index (Phi) is 3.86. The van der Waals surface area contributed by atoms with Crippen molar-refractivity contribution in [2.75, 3.05) is 31.2 Å². The molecule has 22 heavy (non-hydrogen) atoms. The molecule has 1 aromatic heterocycles. The van der Waals surface area contributed by atoms with Crippen molar-refractivity contribution < 1.29 is 14.6 Å². The predicted octanol–water partition coefficient (Wildman–Crippen LogP) is 1.78. The van der Waals surface area contributed by atoms with Gasteiger partial charge in [0.15, 0.2) is 0 Å². The van der Waals surface area contributed by atoms with Gasteiger partial charge in [0, 0.05) is 18.7 Å². The fourth-order valence-electron chi connectivity index (χ4n) is 3.02. The predicted molar refractivity (Wildman–Crippen MR) is 81.4 cm³/mol. The molecule has 2 aliphatic heterocycles. The molecule has 0 saturated carbocycles. The average molecular weight is 327 g/mol. The zero-order valence-electron chi connectivity index (χ0n) is 12.7. The van der Waals surface area contributed by atoms with Gasteiger partial charge in [0.1, 0.15) is 5.82 Å². The molecule has 3 heterocycles. The number of carbonyl (C=O) groups is 1. The number of halogens is 1. The van der Waals surface area contributed by atoms with E-state index in [-0.39, 0.29) is 17.4 Å². The van der Waals surface area contributed by atoms with Crippen LogP contribution >= 0.6 is 11.6 Å². The lowest BCUT2D eigenvalue weighted by atomic mass is 9.99. The van der Waals surface area contributed by atoms with Crippen molar-refractivity contribution in [3.8, 4) is 0 Å². The van der Waals surface area contributed by atoms with Crippen molar-refractivity contribution in [1.29, 1.82) is 0 Å². The van der Waals surface area contributed by atoms with Gasteiger partial charge in [0.2, 0.25) is 5.28 Å². The summed E-state index contributed by atoms with van der Waals surface area (Å²) in [7, 11) is 0. The number of fused-ring (bicyclic) bond motifs is 1. The monoisotopic (exact) mass is 326 g/mol. The molecule has 1 N–H and O–H groups in total. The van der Waals surface area contributed by atoms with Crippen LogP contribution in [0.2, 0.25) is 5.28 Å². The normalized spacial score (nSPS) is 20.7. The van der Waals surface area contributed by atoms with E-state index >= 15 is 0 Å². The molecule has 120 valence electrons. The van der Waals surface area contributed by atoms with Crippen LogP contribution in [0.5, 0.6) is 0 Å². The Labute approximate surface area is 133 Å². The summed E-state index contributed by atoms with van der Waals surface area (Å²) in [5.74, 6) is 0.813. The molecule has 0 atom stereocenters. The van der Waals surface area contributed by atoms with E-state index in [2.05, 4.69) is 28.7 Å². The van der Waals surface area contributed by atoms with Crippen LogP contribution in [0.25, 0.3) is 0 Å². The molecular weight excluding hydrogens is 308 g/mol. The number of nitrogens with zero attached hydrogens (tertiary/aromatic N) is 4. The topological polar surface area (TPSA) is 78.8 Å². The van der Waals surface area contributed by atoms with E-state index in [1.54, 1.807) is 0 Å². The first-order valence-corrected chi connectivity index (χ1v) is 7.65. The smallest absolute Gasteiger partial charge is 0.407 e. The largest absolute Gasteiger partial charge is 0.465 e. The van der Waals surface area contributed by atoms with E-state index in [1.165, 1.54) is 4.90 Å². The Morgan fingerprint density at radius 2 is 2.14 bits per heavy atom. The molecule has 0 spiro atoms. The third-order valence-electron chi connectivity index (χ3n) is 4.19. The van der Waals surface area contributed by atoms with Crippen LogP contribution in [0.15, 0.2) is 0 Å². The molecule has 0 aliphatic carbocycles. The number of aromatic nitrogens is 2. The van der Waals surface area contributed by atoms with Gasteiger partial charge >= 0.3 is 6.09 Å². The van der Waals surface area contributed by atoms with E-state index in [4.69, 9.17) is 21.4 Å². The second-order valence-corrected chi connectivity index (χ2v) is 6.55. The van der Waals surface area contributed by atoms with Crippen LogP contribution in [0.4, 0.5) is 10.6 Å². The van der Waals surface area contributed by atoms with E-state index in [9.17, 15) is 4.79 Å². The van der Waals surface area contributed by atoms with Gasteiger partial charge in [-0.05, 0) is 31.9 Å². The van der Waals surface area contributed by atoms with Gasteiger partial charge in [-0.15, -0.1) is 0 Å². The van der Waals surface area contributed by atoms with Gasteiger partial charge in [-0.2, -0.15) is 0 Å². The lowest BCUT2D eigenvalue weighted by Crippen LogP contribution is -2.54. The Bertz CT molecular complexity index is 608. The maximum absolute atomic E-state index is 11.2. The second-order valence-electron chi connectivity index (χ2n) is 6.21. The van der Waals surface area contributed by atoms with Crippen molar-refractivity contribution >= 4 is 23.5 Å². The number of anilines is 1. The molecule has 0 unspecified atom stereocenters. The van der Waals surface area contributed by atoms with E-state index in [0.29, 0.717) is 31.9 Å². The van der Waals surface area contributed by atoms with Crippen LogP contribution in [-0.4, -0.2) is 57.9 Å². The maximum atomic E-state index is 11.2. The number of rotatable bonds is 1. The van der Waals surface area contributed by atoms with Crippen molar-refractivity contribution in [3.63, 3.8) is 0 Å².